The van der Waals surface area contributed by atoms with Crippen molar-refractivity contribution in [2.45, 2.75) is 19.4 Å². The third-order valence-corrected chi connectivity index (χ3v) is 4.81. The molecule has 1 N–H and O–H groups in total. The van der Waals surface area contributed by atoms with E-state index >= 15 is 0 Å². The molecule has 1 unspecified atom stereocenters. The lowest BCUT2D eigenvalue weighted by molar-refractivity contribution is 0.548. The summed E-state index contributed by atoms with van der Waals surface area (Å²) >= 11 is 12.1. The summed E-state index contributed by atoms with van der Waals surface area (Å²) in [7, 11) is 0. The molecule has 4 heteroatoms. The number of hydrogen-bond acceptors (Lipinski definition) is 1. The van der Waals surface area contributed by atoms with Crippen LogP contribution >= 0.6 is 50.1 Å². The second kappa shape index (κ2) is 7.78. The van der Waals surface area contributed by atoms with Crippen molar-refractivity contribution in [3.63, 3.8) is 0 Å². The van der Waals surface area contributed by atoms with E-state index in [1.807, 2.05) is 18.2 Å². The fraction of sp³-hybridized carbons (Fsp3) is 0.250. The predicted molar refractivity (Wildman–Crippen MR) is 98.4 cm³/mol. The Balaban J connectivity index is 2.26. The van der Waals surface area contributed by atoms with E-state index in [9.17, 15) is 0 Å². The molecule has 0 spiro atoms. The number of nitrogens with one attached hydrogen (secondary N) is 1. The van der Waals surface area contributed by atoms with Crippen LogP contribution in [0.2, 0.25) is 5.02 Å². The fourth-order valence-electron chi connectivity index (χ4n) is 2.18. The molecule has 2 rings (SSSR count). The summed E-state index contributed by atoms with van der Waals surface area (Å²) in [5, 5.41) is 4.31. The smallest absolute Gasteiger partial charge is 0.0410 e. The van der Waals surface area contributed by atoms with Gasteiger partial charge in [-0.2, -0.15) is 0 Å². The van der Waals surface area contributed by atoms with Crippen molar-refractivity contribution < 1.29 is 0 Å². The predicted octanol–water partition coefficient (Wildman–Crippen LogP) is 5.60. The average Bonchev–Trinajstić information content (AvgIpc) is 2.43. The van der Waals surface area contributed by atoms with Gasteiger partial charge in [0, 0.05) is 19.1 Å². The Morgan fingerprint density at radius 3 is 2.55 bits per heavy atom. The van der Waals surface area contributed by atoms with Crippen molar-refractivity contribution in [2.24, 2.45) is 0 Å². The maximum atomic E-state index is 6.14. The van der Waals surface area contributed by atoms with Crippen LogP contribution in [0.4, 0.5) is 0 Å². The number of benzene rings is 2. The van der Waals surface area contributed by atoms with Gasteiger partial charge < -0.3 is 5.32 Å². The molecule has 0 amide bonds. The molecule has 0 aliphatic heterocycles. The third kappa shape index (κ3) is 4.45. The van der Waals surface area contributed by atoms with Crippen LogP contribution in [-0.4, -0.2) is 6.54 Å². The van der Waals surface area contributed by atoms with Crippen LogP contribution in [0.3, 0.4) is 0 Å². The molecule has 0 bridgehead atoms. The zero-order chi connectivity index (χ0) is 14.5. The first-order chi connectivity index (χ1) is 9.60. The zero-order valence-electron chi connectivity index (χ0n) is 11.2. The van der Waals surface area contributed by atoms with Crippen molar-refractivity contribution in [2.75, 3.05) is 6.54 Å². The second-order valence-corrected chi connectivity index (χ2v) is 7.14. The first kappa shape index (κ1) is 16.3. The molecule has 0 saturated carbocycles. The van der Waals surface area contributed by atoms with Gasteiger partial charge >= 0.3 is 0 Å². The molecule has 106 valence electrons. The largest absolute Gasteiger partial charge is 0.310 e. The van der Waals surface area contributed by atoms with E-state index < -0.39 is 0 Å². The quantitative estimate of drug-likeness (QED) is 0.568. The first-order valence-corrected chi connectivity index (χ1v) is 8.78. The molecule has 0 radical (unpaired) electrons. The summed E-state index contributed by atoms with van der Waals surface area (Å²) in [6, 6.07) is 14.9. The fourth-order valence-corrected chi connectivity index (χ4v) is 3.24. The third-order valence-electron chi connectivity index (χ3n) is 3.14. The highest BCUT2D eigenvalue weighted by molar-refractivity contribution is 14.1. The second-order valence-electron chi connectivity index (χ2n) is 4.61. The summed E-state index contributed by atoms with van der Waals surface area (Å²) in [6.07, 6.45) is 0.948. The number of hydrogen-bond donors (Lipinski definition) is 1. The molecule has 1 atom stereocenters. The van der Waals surface area contributed by atoms with Crippen molar-refractivity contribution in [3.8, 4) is 0 Å². The van der Waals surface area contributed by atoms with Gasteiger partial charge in [-0.1, -0.05) is 46.6 Å². The molecule has 0 fully saturated rings. The summed E-state index contributed by atoms with van der Waals surface area (Å²) in [5.41, 5.74) is 2.53. The van der Waals surface area contributed by atoms with E-state index in [2.05, 4.69) is 75.0 Å². The highest BCUT2D eigenvalue weighted by atomic mass is 127. The van der Waals surface area contributed by atoms with E-state index in [4.69, 9.17) is 11.6 Å². The molecule has 0 heterocycles. The van der Waals surface area contributed by atoms with Gasteiger partial charge in [-0.3, -0.25) is 0 Å². The first-order valence-electron chi connectivity index (χ1n) is 6.53. The van der Waals surface area contributed by atoms with Gasteiger partial charge in [0.05, 0.1) is 0 Å². The van der Waals surface area contributed by atoms with Gasteiger partial charge in [0.15, 0.2) is 0 Å². The van der Waals surface area contributed by atoms with Crippen LogP contribution in [-0.2, 0) is 6.42 Å². The Morgan fingerprint density at radius 2 is 1.90 bits per heavy atom. The Hall–Kier alpha value is -0.100. The molecular formula is C16H16BrClIN. The van der Waals surface area contributed by atoms with E-state index in [1.165, 1.54) is 14.7 Å². The number of rotatable bonds is 5. The van der Waals surface area contributed by atoms with E-state index in [-0.39, 0.29) is 6.04 Å². The van der Waals surface area contributed by atoms with E-state index in [0.29, 0.717) is 0 Å². The minimum absolute atomic E-state index is 0.258. The number of likely N-dealkylation sites (N-methyl/N-ethyl adjacent to an activating group) is 1. The summed E-state index contributed by atoms with van der Waals surface area (Å²) in [6.45, 7) is 3.05. The molecular weight excluding hydrogens is 448 g/mol. The summed E-state index contributed by atoms with van der Waals surface area (Å²) in [4.78, 5) is 0. The summed E-state index contributed by atoms with van der Waals surface area (Å²) < 4.78 is 2.36. The Bertz CT molecular complexity index is 571. The van der Waals surface area contributed by atoms with Crippen LogP contribution in [0.5, 0.6) is 0 Å². The van der Waals surface area contributed by atoms with Crippen LogP contribution in [0.1, 0.15) is 24.1 Å². The molecule has 0 aromatic heterocycles. The van der Waals surface area contributed by atoms with Crippen LogP contribution < -0.4 is 5.32 Å². The van der Waals surface area contributed by atoms with Gasteiger partial charge in [-0.25, -0.2) is 0 Å². The molecule has 2 aromatic rings. The average molecular weight is 465 g/mol. The minimum atomic E-state index is 0.258. The highest BCUT2D eigenvalue weighted by Crippen LogP contribution is 2.29. The topological polar surface area (TPSA) is 12.0 Å². The van der Waals surface area contributed by atoms with Crippen LogP contribution in [0.15, 0.2) is 46.9 Å². The Morgan fingerprint density at radius 1 is 1.20 bits per heavy atom. The van der Waals surface area contributed by atoms with Gasteiger partial charge in [-0.05, 0) is 77.0 Å². The van der Waals surface area contributed by atoms with Gasteiger partial charge in [0.1, 0.15) is 0 Å². The van der Waals surface area contributed by atoms with Crippen molar-refractivity contribution >= 4 is 50.1 Å². The highest BCUT2D eigenvalue weighted by Gasteiger charge is 2.14. The van der Waals surface area contributed by atoms with Crippen LogP contribution in [0.25, 0.3) is 0 Å². The van der Waals surface area contributed by atoms with Crippen molar-refractivity contribution in [1.82, 2.24) is 5.32 Å². The lowest BCUT2D eigenvalue weighted by Crippen LogP contribution is -2.23. The molecule has 0 saturated heterocycles. The zero-order valence-corrected chi connectivity index (χ0v) is 15.7. The SMILES string of the molecule is CCNC(Cc1ccc(I)cc1)c1cc(Cl)ccc1Br. The molecule has 1 nitrogen and oxygen atoms in total. The molecule has 0 aliphatic carbocycles. The Labute approximate surface area is 147 Å². The van der Waals surface area contributed by atoms with E-state index in [0.717, 1.165) is 22.5 Å². The number of halogens is 3. The standard InChI is InChI=1S/C16H16BrClIN/c1-2-20-16(9-11-3-6-13(19)7-4-11)14-10-12(18)5-8-15(14)17/h3-8,10,16,20H,2,9H2,1H3. The molecule has 20 heavy (non-hydrogen) atoms. The lowest BCUT2D eigenvalue weighted by Gasteiger charge is -2.20. The van der Waals surface area contributed by atoms with Gasteiger partial charge in [0.2, 0.25) is 0 Å². The normalized spacial score (nSPS) is 12.4. The lowest BCUT2D eigenvalue weighted by atomic mass is 9.99. The summed E-state index contributed by atoms with van der Waals surface area (Å²) in [5.74, 6) is 0. The minimum Gasteiger partial charge on any atom is -0.310 e. The van der Waals surface area contributed by atoms with Gasteiger partial charge in [-0.15, -0.1) is 0 Å². The van der Waals surface area contributed by atoms with Crippen LogP contribution in [0, 0.1) is 3.57 Å². The van der Waals surface area contributed by atoms with Crippen molar-refractivity contribution in [1.29, 1.82) is 0 Å². The van der Waals surface area contributed by atoms with Gasteiger partial charge in [0.25, 0.3) is 0 Å². The van der Waals surface area contributed by atoms with E-state index in [1.54, 1.807) is 0 Å². The molecule has 0 aliphatic rings. The monoisotopic (exact) mass is 463 g/mol. The maximum Gasteiger partial charge on any atom is 0.0410 e. The van der Waals surface area contributed by atoms with Crippen molar-refractivity contribution in [3.05, 3.63) is 66.7 Å². The maximum absolute atomic E-state index is 6.14. The molecule has 2 aromatic carbocycles. The Kier molecular flexibility index (Phi) is 6.33.